The van der Waals surface area contributed by atoms with Crippen molar-refractivity contribution in [3.63, 3.8) is 0 Å². The highest BCUT2D eigenvalue weighted by molar-refractivity contribution is 7.25. The first-order valence-electron chi connectivity index (χ1n) is 18.7. The summed E-state index contributed by atoms with van der Waals surface area (Å²) in [6, 6.07) is 61.7. The fourth-order valence-corrected chi connectivity index (χ4v) is 8.92. The second-order valence-electron chi connectivity index (χ2n) is 14.0. The first kappa shape index (κ1) is 32.2. The van der Waals surface area contributed by atoms with Gasteiger partial charge in [0, 0.05) is 65.6 Å². The maximum absolute atomic E-state index is 6.70. The molecule has 5 heteroatoms. The second kappa shape index (κ2) is 13.3. The largest absolute Gasteiger partial charge is 0.455 e. The van der Waals surface area contributed by atoms with Crippen molar-refractivity contribution in [3.05, 3.63) is 188 Å². The van der Waals surface area contributed by atoms with Gasteiger partial charge in [0.25, 0.3) is 0 Å². The van der Waals surface area contributed by atoms with Gasteiger partial charge in [-0.25, -0.2) is 9.97 Å². The smallest absolute Gasteiger partial charge is 0.160 e. The van der Waals surface area contributed by atoms with Gasteiger partial charge < -0.3 is 4.42 Å². The van der Waals surface area contributed by atoms with Crippen LogP contribution in [0.25, 0.3) is 109 Å². The van der Waals surface area contributed by atoms with Gasteiger partial charge in [0.2, 0.25) is 0 Å². The van der Waals surface area contributed by atoms with E-state index in [1.54, 1.807) is 6.20 Å². The Morgan fingerprint density at radius 2 is 1.04 bits per heavy atom. The van der Waals surface area contributed by atoms with Crippen molar-refractivity contribution in [2.24, 2.45) is 0 Å². The summed E-state index contributed by atoms with van der Waals surface area (Å²) in [5.41, 5.74) is 13.1. The number of nitrogens with zero attached hydrogens (tertiary/aromatic N) is 3. The number of aromatic nitrogens is 3. The predicted octanol–water partition coefficient (Wildman–Crippen LogP) is 14.1. The van der Waals surface area contributed by atoms with Crippen LogP contribution >= 0.6 is 11.3 Å². The number of hydrogen-bond donors (Lipinski definition) is 0. The van der Waals surface area contributed by atoms with E-state index in [4.69, 9.17) is 14.4 Å². The minimum Gasteiger partial charge on any atom is -0.455 e. The van der Waals surface area contributed by atoms with Crippen LogP contribution in [0.1, 0.15) is 0 Å². The molecule has 4 aromatic heterocycles. The van der Waals surface area contributed by atoms with Crippen molar-refractivity contribution in [1.82, 2.24) is 15.0 Å². The number of furan rings is 1. The summed E-state index contributed by atoms with van der Waals surface area (Å²) in [6.07, 6.45) is 3.67. The molecule has 0 spiro atoms. The van der Waals surface area contributed by atoms with Crippen LogP contribution in [0.3, 0.4) is 0 Å². The van der Waals surface area contributed by atoms with Gasteiger partial charge >= 0.3 is 0 Å². The Morgan fingerprint density at radius 1 is 0.411 bits per heavy atom. The van der Waals surface area contributed by atoms with E-state index in [9.17, 15) is 0 Å². The molecule has 11 rings (SSSR count). The minimum absolute atomic E-state index is 0.677. The summed E-state index contributed by atoms with van der Waals surface area (Å²) in [4.78, 5) is 14.5. The van der Waals surface area contributed by atoms with Crippen molar-refractivity contribution < 1.29 is 4.42 Å². The van der Waals surface area contributed by atoms with Crippen molar-refractivity contribution in [2.45, 2.75) is 0 Å². The van der Waals surface area contributed by atoms with E-state index in [0.29, 0.717) is 5.82 Å². The lowest BCUT2D eigenvalue weighted by Crippen LogP contribution is -1.96. The van der Waals surface area contributed by atoms with E-state index < -0.39 is 0 Å². The molecule has 4 nitrogen and oxygen atoms in total. The Labute approximate surface area is 327 Å². The molecule has 0 amide bonds. The number of benzene rings is 7. The van der Waals surface area contributed by atoms with Crippen LogP contribution < -0.4 is 0 Å². The average molecular weight is 734 g/mol. The number of para-hydroxylation sites is 1. The summed E-state index contributed by atoms with van der Waals surface area (Å²) < 4.78 is 9.31. The zero-order chi connectivity index (χ0) is 37.0. The Morgan fingerprint density at radius 3 is 1.84 bits per heavy atom. The first-order chi connectivity index (χ1) is 27.7. The Kier molecular flexibility index (Phi) is 7.64. The highest BCUT2D eigenvalue weighted by Gasteiger charge is 2.19. The third-order valence-corrected chi connectivity index (χ3v) is 11.8. The second-order valence-corrected chi connectivity index (χ2v) is 15.1. The molecule has 7 aromatic carbocycles. The molecule has 0 N–H and O–H groups in total. The molecule has 262 valence electrons. The molecule has 0 atom stereocenters. The van der Waals surface area contributed by atoms with Gasteiger partial charge in [-0.1, -0.05) is 133 Å². The van der Waals surface area contributed by atoms with Gasteiger partial charge in [0.05, 0.1) is 11.4 Å². The monoisotopic (exact) mass is 733 g/mol. The van der Waals surface area contributed by atoms with Crippen molar-refractivity contribution in [2.75, 3.05) is 0 Å². The highest BCUT2D eigenvalue weighted by Crippen LogP contribution is 2.44. The van der Waals surface area contributed by atoms with E-state index in [-0.39, 0.29) is 0 Å². The topological polar surface area (TPSA) is 51.8 Å². The molecule has 4 heterocycles. The van der Waals surface area contributed by atoms with Crippen molar-refractivity contribution in [3.8, 4) is 67.3 Å². The van der Waals surface area contributed by atoms with Gasteiger partial charge in [-0.3, -0.25) is 4.98 Å². The third-order valence-electron chi connectivity index (χ3n) is 10.6. The van der Waals surface area contributed by atoms with Crippen LogP contribution in [0.4, 0.5) is 0 Å². The number of pyridine rings is 1. The number of rotatable bonds is 6. The SMILES string of the molecule is c1ccc(-c2cc(-c3ccc(-c4ccc(-c5ccc6sc7ccccc7c6c5)c5c4oc4ccccc45)cc3)nc(-c3ccc(-c4cccnc4)cc3)n2)cc1. The van der Waals surface area contributed by atoms with E-state index in [0.717, 1.165) is 77.8 Å². The summed E-state index contributed by atoms with van der Waals surface area (Å²) in [5, 5.41) is 4.82. The number of thiophene rings is 1. The fraction of sp³-hybridized carbons (Fsp3) is 0. The first-order valence-corrected chi connectivity index (χ1v) is 19.5. The lowest BCUT2D eigenvalue weighted by Gasteiger charge is -2.11. The van der Waals surface area contributed by atoms with Gasteiger partial charge in [0.1, 0.15) is 11.2 Å². The Bertz CT molecular complexity index is 3220. The van der Waals surface area contributed by atoms with E-state index in [1.165, 1.54) is 25.7 Å². The van der Waals surface area contributed by atoms with Crippen molar-refractivity contribution >= 4 is 53.4 Å². The Hall–Kier alpha value is -7.21. The Balaban J connectivity index is 1.00. The predicted molar refractivity (Wildman–Crippen MR) is 233 cm³/mol. The summed E-state index contributed by atoms with van der Waals surface area (Å²) in [7, 11) is 0. The molecular formula is C51H31N3OS. The lowest BCUT2D eigenvalue weighted by molar-refractivity contribution is 0.670. The molecule has 0 bridgehead atoms. The fourth-order valence-electron chi connectivity index (χ4n) is 7.84. The molecule has 0 aliphatic carbocycles. The van der Waals surface area contributed by atoms with Gasteiger partial charge in [0.15, 0.2) is 5.82 Å². The number of fused-ring (bicyclic) bond motifs is 6. The molecule has 0 radical (unpaired) electrons. The summed E-state index contributed by atoms with van der Waals surface area (Å²) in [6.45, 7) is 0. The lowest BCUT2D eigenvalue weighted by atomic mass is 9.93. The van der Waals surface area contributed by atoms with Crippen LogP contribution in [0, 0.1) is 0 Å². The zero-order valence-electron chi connectivity index (χ0n) is 30.1. The molecule has 0 saturated carbocycles. The van der Waals surface area contributed by atoms with Crippen molar-refractivity contribution in [1.29, 1.82) is 0 Å². The molecule has 0 saturated heterocycles. The standard InChI is InChI=1S/C51H31N3OS/c1-2-9-34(10-3-1)44-30-45(54-51(53-44)36-22-16-32(17-23-36)38-11-8-28-52-31-38)35-20-18-33(19-21-35)40-26-25-39(49-42-13-4-6-14-46(42)55-50(40)49)37-24-27-48-43(29-37)41-12-5-7-15-47(41)56-48/h1-31H. The molecule has 0 unspecified atom stereocenters. The molecule has 0 aliphatic heterocycles. The van der Waals surface area contributed by atoms with E-state index in [2.05, 4.69) is 151 Å². The molecular weight excluding hydrogens is 703 g/mol. The summed E-state index contributed by atoms with van der Waals surface area (Å²) >= 11 is 1.84. The van der Waals surface area contributed by atoms with Crippen LogP contribution in [-0.4, -0.2) is 15.0 Å². The van der Waals surface area contributed by atoms with Gasteiger partial charge in [-0.2, -0.15) is 0 Å². The minimum atomic E-state index is 0.677. The maximum atomic E-state index is 6.70. The zero-order valence-corrected chi connectivity index (χ0v) is 30.9. The highest BCUT2D eigenvalue weighted by atomic mass is 32.1. The molecule has 56 heavy (non-hydrogen) atoms. The number of hydrogen-bond acceptors (Lipinski definition) is 5. The average Bonchev–Trinajstić information content (AvgIpc) is 3.85. The van der Waals surface area contributed by atoms with Crippen LogP contribution in [0.2, 0.25) is 0 Å². The van der Waals surface area contributed by atoms with Crippen LogP contribution in [0.5, 0.6) is 0 Å². The quantitative estimate of drug-likeness (QED) is 0.171. The van der Waals surface area contributed by atoms with Crippen LogP contribution in [0.15, 0.2) is 193 Å². The molecule has 0 fully saturated rings. The molecule has 0 aliphatic rings. The normalized spacial score (nSPS) is 11.6. The third kappa shape index (κ3) is 5.56. The van der Waals surface area contributed by atoms with Gasteiger partial charge in [-0.05, 0) is 70.3 Å². The summed E-state index contributed by atoms with van der Waals surface area (Å²) in [5.74, 6) is 0.677. The maximum Gasteiger partial charge on any atom is 0.160 e. The van der Waals surface area contributed by atoms with Gasteiger partial charge in [-0.15, -0.1) is 11.3 Å². The van der Waals surface area contributed by atoms with E-state index in [1.807, 2.05) is 47.9 Å². The molecule has 11 aromatic rings. The van der Waals surface area contributed by atoms with E-state index >= 15 is 0 Å². The van der Waals surface area contributed by atoms with Crippen LogP contribution in [-0.2, 0) is 0 Å².